The second-order valence-corrected chi connectivity index (χ2v) is 4.50. The van der Waals surface area contributed by atoms with Crippen molar-refractivity contribution in [1.82, 2.24) is 0 Å². The molecule has 1 aliphatic heterocycles. The van der Waals surface area contributed by atoms with E-state index in [9.17, 15) is 9.90 Å². The highest BCUT2D eigenvalue weighted by Gasteiger charge is 2.26. The second kappa shape index (κ2) is 4.43. The van der Waals surface area contributed by atoms with Crippen LogP contribution in [0, 0.1) is 0 Å². The molecular formula is C11H13ClN2O3. The monoisotopic (exact) mass is 256 g/mol. The summed E-state index contributed by atoms with van der Waals surface area (Å²) in [5, 5.41) is 18.9. The van der Waals surface area contributed by atoms with Gasteiger partial charge in [-0.15, -0.1) is 0 Å². The summed E-state index contributed by atoms with van der Waals surface area (Å²) in [4.78, 5) is 12.9. The van der Waals surface area contributed by atoms with E-state index in [0.29, 0.717) is 35.9 Å². The van der Waals surface area contributed by atoms with E-state index in [0.717, 1.165) is 0 Å². The Morgan fingerprint density at radius 1 is 1.53 bits per heavy atom. The molecule has 0 spiro atoms. The molecule has 1 atom stereocenters. The van der Waals surface area contributed by atoms with Gasteiger partial charge in [-0.25, -0.2) is 4.79 Å². The van der Waals surface area contributed by atoms with Crippen LogP contribution in [-0.4, -0.2) is 35.4 Å². The highest BCUT2D eigenvalue weighted by Crippen LogP contribution is 2.34. The van der Waals surface area contributed by atoms with Crippen LogP contribution < -0.4 is 10.6 Å². The molecule has 2 rings (SSSR count). The third-order valence-corrected chi connectivity index (χ3v) is 3.08. The fourth-order valence-electron chi connectivity index (χ4n) is 2.05. The maximum Gasteiger partial charge on any atom is 0.337 e. The SMILES string of the molecule is Nc1cc(Cl)c(N2CCC(O)C2)c(C(=O)O)c1. The van der Waals surface area contributed by atoms with Crippen LogP contribution in [0.4, 0.5) is 11.4 Å². The fourth-order valence-corrected chi connectivity index (χ4v) is 2.40. The number of benzene rings is 1. The molecule has 92 valence electrons. The molecule has 1 aromatic rings. The Balaban J connectivity index is 2.48. The van der Waals surface area contributed by atoms with Gasteiger partial charge in [-0.1, -0.05) is 11.6 Å². The smallest absolute Gasteiger partial charge is 0.337 e. The molecule has 0 saturated carbocycles. The van der Waals surface area contributed by atoms with Crippen molar-refractivity contribution in [2.45, 2.75) is 12.5 Å². The summed E-state index contributed by atoms with van der Waals surface area (Å²) in [6.45, 7) is 0.981. The van der Waals surface area contributed by atoms with Crippen LogP contribution in [0.3, 0.4) is 0 Å². The van der Waals surface area contributed by atoms with Gasteiger partial charge in [0.15, 0.2) is 0 Å². The van der Waals surface area contributed by atoms with Crippen LogP contribution in [0.2, 0.25) is 5.02 Å². The molecule has 4 N–H and O–H groups in total. The summed E-state index contributed by atoms with van der Waals surface area (Å²) in [7, 11) is 0. The van der Waals surface area contributed by atoms with Crippen LogP contribution in [0.1, 0.15) is 16.8 Å². The standard InChI is InChI=1S/C11H13ClN2O3/c12-9-4-6(13)3-8(11(16)17)10(9)14-2-1-7(15)5-14/h3-4,7,15H,1-2,5,13H2,(H,16,17). The molecule has 1 aliphatic rings. The van der Waals surface area contributed by atoms with Crippen molar-refractivity contribution in [3.8, 4) is 0 Å². The van der Waals surface area contributed by atoms with Crippen molar-refractivity contribution in [3.05, 3.63) is 22.7 Å². The van der Waals surface area contributed by atoms with Crippen molar-refractivity contribution in [3.63, 3.8) is 0 Å². The van der Waals surface area contributed by atoms with Crippen LogP contribution in [0.15, 0.2) is 12.1 Å². The van der Waals surface area contributed by atoms with Gasteiger partial charge in [-0.2, -0.15) is 0 Å². The number of anilines is 2. The average Bonchev–Trinajstić information content (AvgIpc) is 2.63. The number of aliphatic hydroxyl groups excluding tert-OH is 1. The molecule has 1 unspecified atom stereocenters. The van der Waals surface area contributed by atoms with E-state index in [1.54, 1.807) is 4.90 Å². The number of nitrogens with zero attached hydrogens (tertiary/aromatic N) is 1. The van der Waals surface area contributed by atoms with Crippen molar-refractivity contribution < 1.29 is 15.0 Å². The fraction of sp³-hybridized carbons (Fsp3) is 0.364. The molecule has 1 fully saturated rings. The van der Waals surface area contributed by atoms with Gasteiger partial charge in [0.1, 0.15) is 0 Å². The molecular weight excluding hydrogens is 244 g/mol. The van der Waals surface area contributed by atoms with Gasteiger partial charge in [-0.3, -0.25) is 0 Å². The Kier molecular flexibility index (Phi) is 3.13. The van der Waals surface area contributed by atoms with Crippen molar-refractivity contribution >= 4 is 28.9 Å². The normalized spacial score (nSPS) is 19.6. The number of hydrogen-bond acceptors (Lipinski definition) is 4. The van der Waals surface area contributed by atoms with Gasteiger partial charge in [0.05, 0.1) is 22.4 Å². The summed E-state index contributed by atoms with van der Waals surface area (Å²) in [6, 6.07) is 2.91. The number of aliphatic hydroxyl groups is 1. The number of hydrogen-bond donors (Lipinski definition) is 3. The van der Waals surface area contributed by atoms with Crippen LogP contribution in [-0.2, 0) is 0 Å². The molecule has 0 radical (unpaired) electrons. The lowest BCUT2D eigenvalue weighted by Crippen LogP contribution is -2.24. The first-order valence-electron chi connectivity index (χ1n) is 5.24. The Morgan fingerprint density at radius 2 is 2.24 bits per heavy atom. The highest BCUT2D eigenvalue weighted by atomic mass is 35.5. The number of carbonyl (C=O) groups is 1. The molecule has 0 aromatic heterocycles. The predicted molar refractivity (Wildman–Crippen MR) is 65.7 cm³/mol. The molecule has 0 bridgehead atoms. The molecule has 0 aliphatic carbocycles. The lowest BCUT2D eigenvalue weighted by molar-refractivity contribution is 0.0697. The quantitative estimate of drug-likeness (QED) is 0.692. The first-order valence-corrected chi connectivity index (χ1v) is 5.62. The molecule has 5 nitrogen and oxygen atoms in total. The third-order valence-electron chi connectivity index (χ3n) is 2.80. The molecule has 1 saturated heterocycles. The van der Waals surface area contributed by atoms with Crippen molar-refractivity contribution in [2.24, 2.45) is 0 Å². The molecule has 1 heterocycles. The second-order valence-electron chi connectivity index (χ2n) is 4.09. The van der Waals surface area contributed by atoms with E-state index in [4.69, 9.17) is 22.4 Å². The Hall–Kier alpha value is -1.46. The molecule has 1 aromatic carbocycles. The summed E-state index contributed by atoms with van der Waals surface area (Å²) >= 11 is 6.04. The largest absolute Gasteiger partial charge is 0.478 e. The Labute approximate surface area is 103 Å². The number of rotatable bonds is 2. The van der Waals surface area contributed by atoms with E-state index >= 15 is 0 Å². The van der Waals surface area contributed by atoms with Crippen LogP contribution in [0.25, 0.3) is 0 Å². The number of aromatic carboxylic acids is 1. The van der Waals surface area contributed by atoms with Gasteiger partial charge in [0.2, 0.25) is 0 Å². The van der Waals surface area contributed by atoms with Gasteiger partial charge in [-0.05, 0) is 18.6 Å². The number of halogens is 1. The number of β-amino-alcohol motifs (C(OH)–C–C–N with tert-alkyl or cyclic N) is 1. The zero-order valence-corrected chi connectivity index (χ0v) is 9.81. The summed E-state index contributed by atoms with van der Waals surface area (Å²) in [6.07, 6.45) is 0.171. The van der Waals surface area contributed by atoms with Gasteiger partial charge in [0, 0.05) is 18.8 Å². The summed E-state index contributed by atoms with van der Waals surface area (Å²) < 4.78 is 0. The third kappa shape index (κ3) is 2.30. The zero-order chi connectivity index (χ0) is 12.6. The van der Waals surface area contributed by atoms with Crippen molar-refractivity contribution in [2.75, 3.05) is 23.7 Å². The first-order chi connectivity index (χ1) is 7.99. The number of carboxylic acid groups (broad SMARTS) is 1. The van der Waals surface area contributed by atoms with E-state index in [1.807, 2.05) is 0 Å². The van der Waals surface area contributed by atoms with Gasteiger partial charge >= 0.3 is 5.97 Å². The lowest BCUT2D eigenvalue weighted by Gasteiger charge is -2.21. The van der Waals surface area contributed by atoms with E-state index < -0.39 is 12.1 Å². The predicted octanol–water partition coefficient (Wildman–Crippen LogP) is 1.19. The number of nitrogens with two attached hydrogens (primary N) is 1. The minimum absolute atomic E-state index is 0.0732. The van der Waals surface area contributed by atoms with E-state index in [2.05, 4.69) is 0 Å². The van der Waals surface area contributed by atoms with Crippen molar-refractivity contribution in [1.29, 1.82) is 0 Å². The number of carboxylic acids is 1. The van der Waals surface area contributed by atoms with Crippen LogP contribution in [0.5, 0.6) is 0 Å². The van der Waals surface area contributed by atoms with E-state index in [-0.39, 0.29) is 5.56 Å². The number of nitrogen functional groups attached to an aromatic ring is 1. The minimum atomic E-state index is -1.07. The maximum atomic E-state index is 11.2. The molecule has 0 amide bonds. The summed E-state index contributed by atoms with van der Waals surface area (Å²) in [5.41, 5.74) is 6.40. The molecule has 17 heavy (non-hydrogen) atoms. The lowest BCUT2D eigenvalue weighted by atomic mass is 10.1. The minimum Gasteiger partial charge on any atom is -0.478 e. The topological polar surface area (TPSA) is 86.8 Å². The van der Waals surface area contributed by atoms with E-state index in [1.165, 1.54) is 12.1 Å². The zero-order valence-electron chi connectivity index (χ0n) is 9.06. The molecule has 6 heteroatoms. The van der Waals surface area contributed by atoms with Gasteiger partial charge in [0.25, 0.3) is 0 Å². The first kappa shape index (κ1) is 12.0. The Morgan fingerprint density at radius 3 is 2.76 bits per heavy atom. The maximum absolute atomic E-state index is 11.2. The average molecular weight is 257 g/mol. The van der Waals surface area contributed by atoms with Crippen LogP contribution >= 0.6 is 11.6 Å². The summed E-state index contributed by atoms with van der Waals surface area (Å²) in [5.74, 6) is -1.07. The highest BCUT2D eigenvalue weighted by molar-refractivity contribution is 6.34. The Bertz CT molecular complexity index is 464. The van der Waals surface area contributed by atoms with Gasteiger partial charge < -0.3 is 20.8 Å².